The summed E-state index contributed by atoms with van der Waals surface area (Å²) in [6, 6.07) is 12.9. The van der Waals surface area contributed by atoms with Crippen molar-refractivity contribution in [3.05, 3.63) is 76.7 Å². The summed E-state index contributed by atoms with van der Waals surface area (Å²) in [4.78, 5) is 46.4. The van der Waals surface area contributed by atoms with E-state index in [0.29, 0.717) is 16.3 Å². The smallest absolute Gasteiger partial charge is 0.264 e. The second-order valence-corrected chi connectivity index (χ2v) is 7.70. The average Bonchev–Trinajstić information content (AvgIpc) is 3.41. The van der Waals surface area contributed by atoms with Gasteiger partial charge < -0.3 is 9.64 Å². The molecule has 1 aromatic carbocycles. The first-order valence-electron chi connectivity index (χ1n) is 9.32. The number of benzene rings is 1. The third kappa shape index (κ3) is 3.81. The number of rotatable bonds is 6. The zero-order chi connectivity index (χ0) is 21.1. The van der Waals surface area contributed by atoms with E-state index in [9.17, 15) is 14.4 Å². The highest BCUT2D eigenvalue weighted by atomic mass is 32.1. The van der Waals surface area contributed by atoms with Crippen molar-refractivity contribution in [3.63, 3.8) is 0 Å². The standard InChI is InChI=1S/C22H19N3O4S/c1-29-17-8-6-16(7-9-17)25-20(26)12-18(21(25)27)24(14-15-4-2-10-23-13-15)22(28)19-5-3-11-30-19/h2-11,13,18H,12,14H2,1H3. The Hall–Kier alpha value is -3.52. The number of hydrogen-bond acceptors (Lipinski definition) is 6. The molecule has 1 aliphatic rings. The van der Waals surface area contributed by atoms with Crippen LogP contribution >= 0.6 is 11.3 Å². The van der Waals surface area contributed by atoms with Gasteiger partial charge in [0.05, 0.1) is 24.1 Å². The highest BCUT2D eigenvalue weighted by Crippen LogP contribution is 2.29. The minimum atomic E-state index is -0.880. The van der Waals surface area contributed by atoms with Gasteiger partial charge in [-0.05, 0) is 47.3 Å². The third-order valence-electron chi connectivity index (χ3n) is 4.90. The lowest BCUT2D eigenvalue weighted by Crippen LogP contribution is -2.45. The number of nitrogens with zero attached hydrogens (tertiary/aromatic N) is 3. The van der Waals surface area contributed by atoms with Gasteiger partial charge in [0, 0.05) is 18.9 Å². The molecule has 0 bridgehead atoms. The first-order chi connectivity index (χ1) is 14.6. The van der Waals surface area contributed by atoms with Gasteiger partial charge in [-0.15, -0.1) is 11.3 Å². The van der Waals surface area contributed by atoms with Gasteiger partial charge in [-0.1, -0.05) is 12.1 Å². The molecule has 1 aliphatic heterocycles. The summed E-state index contributed by atoms with van der Waals surface area (Å²) in [5.74, 6) is -0.415. The molecule has 0 radical (unpaired) electrons. The van der Waals surface area contributed by atoms with Crippen LogP contribution in [0.25, 0.3) is 0 Å². The summed E-state index contributed by atoms with van der Waals surface area (Å²) in [5, 5.41) is 1.81. The van der Waals surface area contributed by atoms with E-state index in [1.54, 1.807) is 67.3 Å². The molecule has 0 spiro atoms. The molecular weight excluding hydrogens is 402 g/mol. The number of methoxy groups -OCH3 is 1. The molecule has 30 heavy (non-hydrogen) atoms. The van der Waals surface area contributed by atoms with Crippen LogP contribution in [-0.2, 0) is 16.1 Å². The first-order valence-corrected chi connectivity index (χ1v) is 10.2. The van der Waals surface area contributed by atoms with Crippen molar-refractivity contribution >= 4 is 34.7 Å². The molecule has 3 aromatic rings. The van der Waals surface area contributed by atoms with Crippen molar-refractivity contribution in [1.29, 1.82) is 0 Å². The number of aromatic nitrogens is 1. The number of pyridine rings is 1. The third-order valence-corrected chi connectivity index (χ3v) is 5.76. The van der Waals surface area contributed by atoms with E-state index < -0.39 is 11.9 Å². The van der Waals surface area contributed by atoms with E-state index in [1.807, 2.05) is 6.07 Å². The SMILES string of the molecule is COc1ccc(N2C(=O)CC(N(Cc3cccnc3)C(=O)c3cccs3)C2=O)cc1. The molecule has 0 N–H and O–H groups in total. The van der Waals surface area contributed by atoms with Crippen LogP contribution in [-0.4, -0.2) is 40.8 Å². The summed E-state index contributed by atoms with van der Waals surface area (Å²) in [7, 11) is 1.55. The second kappa shape index (κ2) is 8.46. The second-order valence-electron chi connectivity index (χ2n) is 6.76. The number of imide groups is 1. The Morgan fingerprint density at radius 2 is 2.00 bits per heavy atom. The summed E-state index contributed by atoms with van der Waals surface area (Å²) in [6.45, 7) is 0.185. The fourth-order valence-electron chi connectivity index (χ4n) is 3.42. The van der Waals surface area contributed by atoms with Gasteiger partial charge in [-0.2, -0.15) is 0 Å². The van der Waals surface area contributed by atoms with Crippen LogP contribution in [0.3, 0.4) is 0 Å². The van der Waals surface area contributed by atoms with Crippen LogP contribution < -0.4 is 9.64 Å². The molecular formula is C22H19N3O4S. The van der Waals surface area contributed by atoms with E-state index >= 15 is 0 Å². The van der Waals surface area contributed by atoms with Gasteiger partial charge in [0.2, 0.25) is 5.91 Å². The molecule has 7 nitrogen and oxygen atoms in total. The van der Waals surface area contributed by atoms with Crippen molar-refractivity contribution in [2.24, 2.45) is 0 Å². The molecule has 0 saturated carbocycles. The predicted molar refractivity (Wildman–Crippen MR) is 112 cm³/mol. The Morgan fingerprint density at radius 3 is 2.63 bits per heavy atom. The van der Waals surface area contributed by atoms with Crippen LogP contribution in [0.4, 0.5) is 5.69 Å². The van der Waals surface area contributed by atoms with Crippen LogP contribution in [0.2, 0.25) is 0 Å². The molecule has 3 amide bonds. The molecule has 8 heteroatoms. The van der Waals surface area contributed by atoms with E-state index in [0.717, 1.165) is 10.5 Å². The molecule has 0 aliphatic carbocycles. The average molecular weight is 421 g/mol. The number of thiophene rings is 1. The molecule has 2 aromatic heterocycles. The monoisotopic (exact) mass is 421 g/mol. The lowest BCUT2D eigenvalue weighted by molar-refractivity contribution is -0.122. The molecule has 1 atom stereocenters. The van der Waals surface area contributed by atoms with E-state index in [2.05, 4.69) is 4.98 Å². The molecule has 1 unspecified atom stereocenters. The zero-order valence-corrected chi connectivity index (χ0v) is 17.0. The quantitative estimate of drug-likeness (QED) is 0.572. The molecule has 1 saturated heterocycles. The van der Waals surface area contributed by atoms with Crippen LogP contribution in [0.15, 0.2) is 66.3 Å². The highest BCUT2D eigenvalue weighted by Gasteiger charge is 2.44. The topological polar surface area (TPSA) is 79.8 Å². The molecule has 152 valence electrons. The Kier molecular flexibility index (Phi) is 5.58. The maximum Gasteiger partial charge on any atom is 0.264 e. The molecule has 1 fully saturated rings. The zero-order valence-electron chi connectivity index (χ0n) is 16.2. The van der Waals surface area contributed by atoms with Crippen molar-refractivity contribution in [3.8, 4) is 5.75 Å². The van der Waals surface area contributed by atoms with E-state index in [1.165, 1.54) is 16.2 Å². The summed E-state index contributed by atoms with van der Waals surface area (Å²) in [5.41, 5.74) is 1.24. The normalized spacial score (nSPS) is 16.0. The summed E-state index contributed by atoms with van der Waals surface area (Å²) < 4.78 is 5.14. The number of amides is 3. The Balaban J connectivity index is 1.65. The number of carbonyl (C=O) groups excluding carboxylic acids is 3. The number of hydrogen-bond donors (Lipinski definition) is 0. The van der Waals surface area contributed by atoms with Gasteiger partial charge in [-0.25, -0.2) is 4.90 Å². The van der Waals surface area contributed by atoms with Gasteiger partial charge >= 0.3 is 0 Å². The van der Waals surface area contributed by atoms with Crippen molar-refractivity contribution < 1.29 is 19.1 Å². The van der Waals surface area contributed by atoms with Crippen LogP contribution in [0, 0.1) is 0 Å². The maximum absolute atomic E-state index is 13.2. The van der Waals surface area contributed by atoms with Crippen molar-refractivity contribution in [2.45, 2.75) is 19.0 Å². The lowest BCUT2D eigenvalue weighted by atomic mass is 10.1. The maximum atomic E-state index is 13.2. The van der Waals surface area contributed by atoms with Crippen molar-refractivity contribution in [1.82, 2.24) is 9.88 Å². The van der Waals surface area contributed by atoms with Crippen molar-refractivity contribution in [2.75, 3.05) is 12.0 Å². The fourth-order valence-corrected chi connectivity index (χ4v) is 4.09. The molecule has 3 heterocycles. The highest BCUT2D eigenvalue weighted by molar-refractivity contribution is 7.12. The van der Waals surface area contributed by atoms with Gasteiger partial charge in [0.1, 0.15) is 11.8 Å². The minimum absolute atomic E-state index is 0.0672. The summed E-state index contributed by atoms with van der Waals surface area (Å²) in [6.07, 6.45) is 3.23. The van der Waals surface area contributed by atoms with E-state index in [-0.39, 0.29) is 24.8 Å². The van der Waals surface area contributed by atoms with E-state index in [4.69, 9.17) is 4.74 Å². The molecule has 4 rings (SSSR count). The van der Waals surface area contributed by atoms with Crippen LogP contribution in [0.1, 0.15) is 21.7 Å². The largest absolute Gasteiger partial charge is 0.497 e. The summed E-state index contributed by atoms with van der Waals surface area (Å²) >= 11 is 1.30. The Labute approximate surface area is 177 Å². The Bertz CT molecular complexity index is 1050. The van der Waals surface area contributed by atoms with Gasteiger partial charge in [-0.3, -0.25) is 19.4 Å². The van der Waals surface area contributed by atoms with Crippen LogP contribution in [0.5, 0.6) is 5.75 Å². The predicted octanol–water partition coefficient (Wildman–Crippen LogP) is 3.13. The lowest BCUT2D eigenvalue weighted by Gasteiger charge is -2.27. The van der Waals surface area contributed by atoms with Gasteiger partial charge in [0.25, 0.3) is 11.8 Å². The van der Waals surface area contributed by atoms with Gasteiger partial charge in [0.15, 0.2) is 0 Å². The minimum Gasteiger partial charge on any atom is -0.497 e. The fraction of sp³-hybridized carbons (Fsp3) is 0.182. The number of ether oxygens (including phenoxy) is 1. The number of anilines is 1. The Morgan fingerprint density at radius 1 is 1.20 bits per heavy atom. The number of carbonyl (C=O) groups is 3. The first kappa shape index (κ1) is 19.8.